The van der Waals surface area contributed by atoms with Crippen LogP contribution in [0.15, 0.2) is 6.20 Å². The molecule has 18 heavy (non-hydrogen) atoms. The number of halogens is 2. The third-order valence-electron chi connectivity index (χ3n) is 2.52. The molecule has 0 aliphatic carbocycles. The van der Waals surface area contributed by atoms with Crippen LogP contribution in [0.2, 0.25) is 0 Å². The van der Waals surface area contributed by atoms with Gasteiger partial charge in [-0.15, -0.1) is 0 Å². The summed E-state index contributed by atoms with van der Waals surface area (Å²) in [6.45, 7) is 1.52. The van der Waals surface area contributed by atoms with Crippen molar-refractivity contribution in [1.29, 1.82) is 0 Å². The Labute approximate surface area is 105 Å². The van der Waals surface area contributed by atoms with Gasteiger partial charge in [0.2, 0.25) is 0 Å². The molecule has 0 radical (unpaired) electrons. The summed E-state index contributed by atoms with van der Waals surface area (Å²) in [7, 11) is 1.69. The number of nitrogens with two attached hydrogens (primary N) is 1. The molecule has 1 amide bonds. The Kier molecular flexibility index (Phi) is 5.21. The van der Waals surface area contributed by atoms with Crippen LogP contribution < -0.4 is 5.73 Å². The normalized spacial score (nSPS) is 11.0. The van der Waals surface area contributed by atoms with Crippen LogP contribution in [0.25, 0.3) is 0 Å². The third kappa shape index (κ3) is 3.49. The SMILES string of the molecule is CCc1nn(C)cc1C(=O)N(CCN)CC(F)F. The van der Waals surface area contributed by atoms with Crippen LogP contribution in [-0.4, -0.2) is 46.6 Å². The maximum atomic E-state index is 12.4. The van der Waals surface area contributed by atoms with Crippen LogP contribution >= 0.6 is 0 Å². The van der Waals surface area contributed by atoms with Gasteiger partial charge in [0.25, 0.3) is 12.3 Å². The number of alkyl halides is 2. The van der Waals surface area contributed by atoms with Crippen molar-refractivity contribution in [2.45, 2.75) is 19.8 Å². The molecule has 0 aliphatic rings. The minimum atomic E-state index is -2.57. The number of carbonyl (C=O) groups excluding carboxylic acids is 1. The highest BCUT2D eigenvalue weighted by Gasteiger charge is 2.22. The summed E-state index contributed by atoms with van der Waals surface area (Å²) < 4.78 is 26.3. The first kappa shape index (κ1) is 14.6. The lowest BCUT2D eigenvalue weighted by Gasteiger charge is -2.21. The maximum Gasteiger partial charge on any atom is 0.257 e. The minimum Gasteiger partial charge on any atom is -0.332 e. The van der Waals surface area contributed by atoms with Crippen molar-refractivity contribution in [2.75, 3.05) is 19.6 Å². The monoisotopic (exact) mass is 260 g/mol. The van der Waals surface area contributed by atoms with Crippen molar-refractivity contribution in [2.24, 2.45) is 12.8 Å². The van der Waals surface area contributed by atoms with Crippen LogP contribution in [0.4, 0.5) is 8.78 Å². The van der Waals surface area contributed by atoms with Gasteiger partial charge in [-0.25, -0.2) is 8.78 Å². The molecule has 102 valence electrons. The summed E-state index contributed by atoms with van der Waals surface area (Å²) in [6, 6.07) is 0. The molecule has 1 aromatic rings. The Morgan fingerprint density at radius 3 is 2.78 bits per heavy atom. The molecule has 1 heterocycles. The van der Waals surface area contributed by atoms with Crippen LogP contribution in [0.1, 0.15) is 23.0 Å². The molecule has 0 atom stereocenters. The van der Waals surface area contributed by atoms with Gasteiger partial charge in [-0.1, -0.05) is 6.92 Å². The van der Waals surface area contributed by atoms with Gasteiger partial charge in [-0.3, -0.25) is 9.48 Å². The second-order valence-electron chi connectivity index (χ2n) is 3.95. The highest BCUT2D eigenvalue weighted by Crippen LogP contribution is 2.12. The number of nitrogens with zero attached hydrogens (tertiary/aromatic N) is 3. The van der Waals surface area contributed by atoms with Crippen LogP contribution in [0.3, 0.4) is 0 Å². The standard InChI is InChI=1S/C11H18F2N4O/c1-3-9-8(6-16(2)15-9)11(18)17(5-4-14)7-10(12)13/h6,10H,3-5,7,14H2,1-2H3. The van der Waals surface area contributed by atoms with Gasteiger partial charge in [0.15, 0.2) is 0 Å². The molecule has 0 spiro atoms. The van der Waals surface area contributed by atoms with Crippen molar-refractivity contribution >= 4 is 5.91 Å². The molecule has 0 unspecified atom stereocenters. The van der Waals surface area contributed by atoms with E-state index in [1.165, 1.54) is 4.68 Å². The summed E-state index contributed by atoms with van der Waals surface area (Å²) in [5.74, 6) is -0.439. The van der Waals surface area contributed by atoms with Crippen molar-refractivity contribution in [3.05, 3.63) is 17.5 Å². The summed E-state index contributed by atoms with van der Waals surface area (Å²) in [4.78, 5) is 13.2. The lowest BCUT2D eigenvalue weighted by Crippen LogP contribution is -2.38. The summed E-state index contributed by atoms with van der Waals surface area (Å²) >= 11 is 0. The smallest absolute Gasteiger partial charge is 0.257 e. The average Bonchev–Trinajstić information content (AvgIpc) is 2.68. The molecule has 0 fully saturated rings. The third-order valence-corrected chi connectivity index (χ3v) is 2.52. The number of hydrogen-bond acceptors (Lipinski definition) is 3. The van der Waals surface area contributed by atoms with E-state index in [1.54, 1.807) is 13.2 Å². The molecule has 0 saturated carbocycles. The second-order valence-corrected chi connectivity index (χ2v) is 3.95. The fourth-order valence-corrected chi connectivity index (χ4v) is 1.74. The molecular weight excluding hydrogens is 242 g/mol. The molecule has 0 saturated heterocycles. The van der Waals surface area contributed by atoms with Crippen LogP contribution in [0.5, 0.6) is 0 Å². The quantitative estimate of drug-likeness (QED) is 0.816. The number of carbonyl (C=O) groups is 1. The van der Waals surface area contributed by atoms with Crippen molar-refractivity contribution in [3.8, 4) is 0 Å². The molecule has 5 nitrogen and oxygen atoms in total. The molecule has 0 aliphatic heterocycles. The first-order chi connectivity index (χ1) is 8.49. The zero-order chi connectivity index (χ0) is 13.7. The lowest BCUT2D eigenvalue weighted by atomic mass is 10.2. The Hall–Kier alpha value is -1.50. The van der Waals surface area contributed by atoms with Crippen LogP contribution in [-0.2, 0) is 13.5 Å². The fourth-order valence-electron chi connectivity index (χ4n) is 1.74. The van der Waals surface area contributed by atoms with E-state index < -0.39 is 18.9 Å². The van der Waals surface area contributed by atoms with Crippen molar-refractivity contribution < 1.29 is 13.6 Å². The Bertz CT molecular complexity index is 406. The fraction of sp³-hybridized carbons (Fsp3) is 0.636. The first-order valence-electron chi connectivity index (χ1n) is 5.79. The van der Waals surface area contributed by atoms with Gasteiger partial charge in [-0.2, -0.15) is 5.10 Å². The van der Waals surface area contributed by atoms with E-state index in [0.717, 1.165) is 4.90 Å². The zero-order valence-electron chi connectivity index (χ0n) is 10.6. The molecule has 7 heteroatoms. The van der Waals surface area contributed by atoms with Gasteiger partial charge < -0.3 is 10.6 Å². The van der Waals surface area contributed by atoms with E-state index in [0.29, 0.717) is 17.7 Å². The van der Waals surface area contributed by atoms with E-state index in [1.807, 2.05) is 6.92 Å². The number of amides is 1. The first-order valence-corrected chi connectivity index (χ1v) is 5.79. The Morgan fingerprint density at radius 1 is 1.61 bits per heavy atom. The second kappa shape index (κ2) is 6.44. The summed E-state index contributed by atoms with van der Waals surface area (Å²) in [6.07, 6.45) is -0.439. The van der Waals surface area contributed by atoms with E-state index in [2.05, 4.69) is 5.10 Å². The largest absolute Gasteiger partial charge is 0.332 e. The Morgan fingerprint density at radius 2 is 2.28 bits per heavy atom. The summed E-state index contributed by atoms with van der Waals surface area (Å²) in [5.41, 5.74) is 6.32. The van der Waals surface area contributed by atoms with E-state index in [-0.39, 0.29) is 13.1 Å². The molecule has 0 bridgehead atoms. The van der Waals surface area contributed by atoms with Gasteiger partial charge in [-0.05, 0) is 6.42 Å². The van der Waals surface area contributed by atoms with E-state index in [4.69, 9.17) is 5.73 Å². The maximum absolute atomic E-state index is 12.4. The highest BCUT2D eigenvalue weighted by molar-refractivity contribution is 5.95. The van der Waals surface area contributed by atoms with E-state index in [9.17, 15) is 13.6 Å². The highest BCUT2D eigenvalue weighted by atomic mass is 19.3. The molecule has 1 aromatic heterocycles. The van der Waals surface area contributed by atoms with Gasteiger partial charge in [0.05, 0.1) is 17.8 Å². The van der Waals surface area contributed by atoms with Crippen molar-refractivity contribution in [1.82, 2.24) is 14.7 Å². The number of hydrogen-bond donors (Lipinski definition) is 1. The van der Waals surface area contributed by atoms with Crippen LogP contribution in [0, 0.1) is 0 Å². The van der Waals surface area contributed by atoms with Gasteiger partial charge in [0, 0.05) is 26.3 Å². The number of rotatable bonds is 6. The molecule has 2 N–H and O–H groups in total. The predicted molar refractivity (Wildman–Crippen MR) is 63.5 cm³/mol. The number of aromatic nitrogens is 2. The summed E-state index contributed by atoms with van der Waals surface area (Å²) in [5, 5.41) is 4.12. The molecular formula is C11H18F2N4O. The topological polar surface area (TPSA) is 64.2 Å². The van der Waals surface area contributed by atoms with Gasteiger partial charge >= 0.3 is 0 Å². The Balaban J connectivity index is 2.93. The minimum absolute atomic E-state index is 0.112. The molecule has 0 aromatic carbocycles. The average molecular weight is 260 g/mol. The predicted octanol–water partition coefficient (Wildman–Crippen LogP) is 0.649. The van der Waals surface area contributed by atoms with Gasteiger partial charge in [0.1, 0.15) is 0 Å². The lowest BCUT2D eigenvalue weighted by molar-refractivity contribution is 0.0562. The number of aryl methyl sites for hydroxylation is 2. The van der Waals surface area contributed by atoms with E-state index >= 15 is 0 Å². The zero-order valence-corrected chi connectivity index (χ0v) is 10.6. The molecule has 1 rings (SSSR count). The van der Waals surface area contributed by atoms with Crippen molar-refractivity contribution in [3.63, 3.8) is 0 Å².